The van der Waals surface area contributed by atoms with Crippen molar-refractivity contribution in [2.45, 2.75) is 17.1 Å². The number of aromatic nitrogens is 7. The van der Waals surface area contributed by atoms with E-state index in [9.17, 15) is 13.2 Å². The fraction of sp³-hybridized carbons (Fsp3) is 0.167. The van der Waals surface area contributed by atoms with E-state index in [-0.39, 0.29) is 5.75 Å². The molecule has 2 aromatic carbocycles. The summed E-state index contributed by atoms with van der Waals surface area (Å²) >= 11 is 7.32. The Hall–Kier alpha value is -3.12. The number of methoxy groups -OCH3 is 1. The van der Waals surface area contributed by atoms with Gasteiger partial charge in [0.25, 0.3) is 0 Å². The number of aromatic amines is 1. The number of hydrogen-bond donors (Lipinski definition) is 1. The zero-order chi connectivity index (χ0) is 22.0. The zero-order valence-corrected chi connectivity index (χ0v) is 17.3. The molecule has 160 valence electrons. The van der Waals surface area contributed by atoms with Crippen molar-refractivity contribution in [3.05, 3.63) is 58.9 Å². The molecule has 0 radical (unpaired) electrons. The molecule has 0 fully saturated rings. The standard InChI is InChI=1S/C18H13ClF3N7OS/c1-30-14-7-4-11(19)8-13(14)16-23-17(26-25-16)31-9-15-24-27-28-29(15)12-5-2-10(3-6-12)18(20,21)22/h2-8H,9H2,1H3,(H,23,25,26). The molecule has 31 heavy (non-hydrogen) atoms. The van der Waals surface area contributed by atoms with Crippen LogP contribution in [0.4, 0.5) is 13.2 Å². The van der Waals surface area contributed by atoms with Gasteiger partial charge in [0, 0.05) is 5.02 Å². The second kappa shape index (κ2) is 8.55. The lowest BCUT2D eigenvalue weighted by atomic mass is 10.2. The Balaban J connectivity index is 1.50. The normalized spacial score (nSPS) is 11.6. The number of benzene rings is 2. The third kappa shape index (κ3) is 4.64. The molecular formula is C18H13ClF3N7OS. The summed E-state index contributed by atoms with van der Waals surface area (Å²) in [4.78, 5) is 4.43. The lowest BCUT2D eigenvalue weighted by Gasteiger charge is -2.08. The van der Waals surface area contributed by atoms with Gasteiger partial charge in [0.15, 0.2) is 11.6 Å². The first-order chi connectivity index (χ1) is 14.8. The molecular weight excluding hydrogens is 455 g/mol. The van der Waals surface area contributed by atoms with Crippen LogP contribution in [-0.2, 0) is 11.9 Å². The molecule has 4 aromatic rings. The number of thioether (sulfide) groups is 1. The molecule has 1 N–H and O–H groups in total. The van der Waals surface area contributed by atoms with Gasteiger partial charge in [-0.05, 0) is 52.9 Å². The van der Waals surface area contributed by atoms with E-state index in [0.29, 0.717) is 38.8 Å². The quantitative estimate of drug-likeness (QED) is 0.419. The van der Waals surface area contributed by atoms with Crippen molar-refractivity contribution in [1.29, 1.82) is 0 Å². The van der Waals surface area contributed by atoms with Gasteiger partial charge in [-0.25, -0.2) is 4.98 Å². The maximum absolute atomic E-state index is 12.8. The topological polar surface area (TPSA) is 94.4 Å². The molecule has 0 aliphatic heterocycles. The number of tetrazole rings is 1. The first kappa shape index (κ1) is 21.1. The molecule has 0 saturated heterocycles. The largest absolute Gasteiger partial charge is 0.496 e. The van der Waals surface area contributed by atoms with Crippen LogP contribution in [0.2, 0.25) is 5.02 Å². The molecule has 0 amide bonds. The Morgan fingerprint density at radius 1 is 1.16 bits per heavy atom. The van der Waals surface area contributed by atoms with E-state index < -0.39 is 11.7 Å². The fourth-order valence-corrected chi connectivity index (χ4v) is 3.59. The van der Waals surface area contributed by atoms with Crippen LogP contribution in [0, 0.1) is 0 Å². The second-order valence-corrected chi connectivity index (χ2v) is 7.53. The van der Waals surface area contributed by atoms with Gasteiger partial charge in [-0.15, -0.1) is 10.2 Å². The van der Waals surface area contributed by atoms with Crippen molar-refractivity contribution in [1.82, 2.24) is 35.4 Å². The number of hydrogen-bond acceptors (Lipinski definition) is 7. The molecule has 0 aliphatic rings. The third-order valence-electron chi connectivity index (χ3n) is 4.19. The van der Waals surface area contributed by atoms with E-state index in [1.54, 1.807) is 25.3 Å². The number of nitrogens with one attached hydrogen (secondary N) is 1. The monoisotopic (exact) mass is 467 g/mol. The summed E-state index contributed by atoms with van der Waals surface area (Å²) in [6.07, 6.45) is -4.41. The van der Waals surface area contributed by atoms with E-state index in [0.717, 1.165) is 12.1 Å². The highest BCUT2D eigenvalue weighted by Gasteiger charge is 2.30. The molecule has 4 rings (SSSR count). The smallest absolute Gasteiger partial charge is 0.416 e. The number of nitrogens with zero attached hydrogens (tertiary/aromatic N) is 6. The molecule has 8 nitrogen and oxygen atoms in total. The molecule has 0 bridgehead atoms. The van der Waals surface area contributed by atoms with Crippen LogP contribution in [0.25, 0.3) is 17.1 Å². The van der Waals surface area contributed by atoms with Crippen molar-refractivity contribution in [3.8, 4) is 22.8 Å². The van der Waals surface area contributed by atoms with Crippen LogP contribution < -0.4 is 4.74 Å². The highest BCUT2D eigenvalue weighted by Crippen LogP contribution is 2.32. The number of alkyl halides is 3. The second-order valence-electron chi connectivity index (χ2n) is 6.15. The Morgan fingerprint density at radius 3 is 2.65 bits per heavy atom. The first-order valence-corrected chi connectivity index (χ1v) is 10.1. The summed E-state index contributed by atoms with van der Waals surface area (Å²) in [7, 11) is 1.54. The highest BCUT2D eigenvalue weighted by atomic mass is 35.5. The number of rotatable bonds is 6. The molecule has 0 atom stereocenters. The zero-order valence-electron chi connectivity index (χ0n) is 15.8. The van der Waals surface area contributed by atoms with Crippen LogP contribution in [0.1, 0.15) is 11.4 Å². The molecule has 0 unspecified atom stereocenters. The lowest BCUT2D eigenvalue weighted by molar-refractivity contribution is -0.137. The number of halogens is 4. The summed E-state index contributed by atoms with van der Waals surface area (Å²) in [5.41, 5.74) is 0.321. The average molecular weight is 468 g/mol. The molecule has 2 heterocycles. The minimum absolute atomic E-state index is 0.290. The van der Waals surface area contributed by atoms with E-state index >= 15 is 0 Å². The van der Waals surface area contributed by atoms with Gasteiger partial charge >= 0.3 is 6.18 Å². The molecule has 0 spiro atoms. The van der Waals surface area contributed by atoms with Gasteiger partial charge in [-0.3, -0.25) is 5.10 Å². The van der Waals surface area contributed by atoms with Crippen molar-refractivity contribution in [2.24, 2.45) is 0 Å². The Morgan fingerprint density at radius 2 is 1.94 bits per heavy atom. The number of H-pyrrole nitrogens is 1. The minimum atomic E-state index is -4.41. The predicted octanol–water partition coefficient (Wildman–Crippen LogP) is 4.42. The Kier molecular flexibility index (Phi) is 5.83. The van der Waals surface area contributed by atoms with Crippen molar-refractivity contribution in [2.75, 3.05) is 7.11 Å². The Bertz CT molecular complexity index is 1190. The van der Waals surface area contributed by atoms with Gasteiger partial charge in [0.1, 0.15) is 5.75 Å². The summed E-state index contributed by atoms with van der Waals surface area (Å²) in [6.45, 7) is 0. The van der Waals surface area contributed by atoms with Crippen molar-refractivity contribution >= 4 is 23.4 Å². The van der Waals surface area contributed by atoms with Gasteiger partial charge in [0.2, 0.25) is 5.16 Å². The van der Waals surface area contributed by atoms with Crippen LogP contribution >= 0.6 is 23.4 Å². The maximum atomic E-state index is 12.8. The van der Waals surface area contributed by atoms with Crippen molar-refractivity contribution in [3.63, 3.8) is 0 Å². The van der Waals surface area contributed by atoms with Crippen LogP contribution in [0.5, 0.6) is 5.75 Å². The highest BCUT2D eigenvalue weighted by molar-refractivity contribution is 7.98. The average Bonchev–Trinajstić information content (AvgIpc) is 3.41. The molecule has 2 aromatic heterocycles. The van der Waals surface area contributed by atoms with Crippen molar-refractivity contribution < 1.29 is 17.9 Å². The van der Waals surface area contributed by atoms with Crippen LogP contribution in [0.15, 0.2) is 47.6 Å². The van der Waals surface area contributed by atoms with Gasteiger partial charge < -0.3 is 4.74 Å². The molecule has 13 heteroatoms. The fourth-order valence-electron chi connectivity index (χ4n) is 2.71. The Labute approximate surface area is 182 Å². The van der Waals surface area contributed by atoms with Gasteiger partial charge in [-0.1, -0.05) is 23.4 Å². The summed E-state index contributed by atoms with van der Waals surface area (Å²) in [5.74, 6) is 1.78. The predicted molar refractivity (Wildman–Crippen MR) is 107 cm³/mol. The maximum Gasteiger partial charge on any atom is 0.416 e. The van der Waals surface area contributed by atoms with E-state index in [1.165, 1.54) is 28.6 Å². The number of ether oxygens (including phenoxy) is 1. The van der Waals surface area contributed by atoms with E-state index in [4.69, 9.17) is 16.3 Å². The first-order valence-electron chi connectivity index (χ1n) is 8.69. The van der Waals surface area contributed by atoms with E-state index in [1.807, 2.05) is 0 Å². The summed E-state index contributed by atoms with van der Waals surface area (Å²) in [5, 5.41) is 19.4. The SMILES string of the molecule is COc1ccc(Cl)cc1-c1nc(SCc2nnnn2-c2ccc(C(F)(F)F)cc2)n[nH]1. The lowest BCUT2D eigenvalue weighted by Crippen LogP contribution is -2.06. The van der Waals surface area contributed by atoms with Crippen LogP contribution in [0.3, 0.4) is 0 Å². The van der Waals surface area contributed by atoms with E-state index in [2.05, 4.69) is 30.7 Å². The molecule has 0 aliphatic carbocycles. The summed E-state index contributed by atoms with van der Waals surface area (Å²) in [6, 6.07) is 9.72. The minimum Gasteiger partial charge on any atom is -0.496 e. The summed E-state index contributed by atoms with van der Waals surface area (Å²) < 4.78 is 45.0. The van der Waals surface area contributed by atoms with Gasteiger partial charge in [-0.2, -0.15) is 17.9 Å². The van der Waals surface area contributed by atoms with Gasteiger partial charge in [0.05, 0.1) is 29.7 Å². The third-order valence-corrected chi connectivity index (χ3v) is 5.26. The molecule has 0 saturated carbocycles. The van der Waals surface area contributed by atoms with Crippen LogP contribution in [-0.4, -0.2) is 42.5 Å².